The zero-order valence-electron chi connectivity index (χ0n) is 3.22. The first-order valence-corrected chi connectivity index (χ1v) is 2.19. The number of aliphatic hydroxyl groups excluding tert-OH is 2. The Kier molecular flexibility index (Phi) is 29.7. The molecule has 2 radical (unpaired) electrons. The van der Waals surface area contributed by atoms with Gasteiger partial charge in [-0.05, 0) is 0 Å². The van der Waals surface area contributed by atoms with Crippen LogP contribution in [0.1, 0.15) is 0 Å². The summed E-state index contributed by atoms with van der Waals surface area (Å²) in [4.78, 5) is 0. The standard InChI is InChI=1S/C2H6O2.GeO/c3-1-2-4;1-2/h3-4H,1-2H2;. The number of aliphatic hydroxyl groups is 2. The molecule has 0 amide bonds. The molecule has 0 aromatic rings. The van der Waals surface area contributed by atoms with Crippen LogP contribution in [0, 0.1) is 0 Å². The third-order valence-electron chi connectivity index (χ3n) is 0.1000. The van der Waals surface area contributed by atoms with Crippen LogP contribution in [0.25, 0.3) is 0 Å². The van der Waals surface area contributed by atoms with Crippen molar-refractivity contribution in [3.8, 4) is 0 Å². The van der Waals surface area contributed by atoms with Crippen molar-refractivity contribution in [3.63, 3.8) is 0 Å². The molecule has 0 aromatic carbocycles. The van der Waals surface area contributed by atoms with E-state index in [4.69, 9.17) is 14.0 Å². The fourth-order valence-electron chi connectivity index (χ4n) is 0. The van der Waals surface area contributed by atoms with Crippen LogP contribution in [0.3, 0.4) is 0 Å². The maximum atomic E-state index is 8.25. The van der Waals surface area contributed by atoms with Gasteiger partial charge in [-0.15, -0.1) is 0 Å². The first-order valence-electron chi connectivity index (χ1n) is 1.34. The van der Waals surface area contributed by atoms with Crippen LogP contribution in [0.4, 0.5) is 0 Å². The van der Waals surface area contributed by atoms with E-state index < -0.39 is 0 Å². The van der Waals surface area contributed by atoms with Gasteiger partial charge >= 0.3 is 20.2 Å². The minimum atomic E-state index is -0.125. The van der Waals surface area contributed by atoms with Gasteiger partial charge in [-0.1, -0.05) is 0 Å². The van der Waals surface area contributed by atoms with Gasteiger partial charge in [0.1, 0.15) is 0 Å². The second-order valence-electron chi connectivity index (χ2n) is 0.447. The number of hydrogen-bond donors (Lipinski definition) is 2. The Labute approximate surface area is 44.4 Å². The van der Waals surface area contributed by atoms with Gasteiger partial charge < -0.3 is 10.2 Å². The van der Waals surface area contributed by atoms with Crippen molar-refractivity contribution in [2.75, 3.05) is 13.2 Å². The summed E-state index contributed by atoms with van der Waals surface area (Å²) in [5, 5.41) is 15.2. The third kappa shape index (κ3) is 28.5. The van der Waals surface area contributed by atoms with E-state index in [1.54, 1.807) is 0 Å². The molecule has 2 N–H and O–H groups in total. The summed E-state index contributed by atoms with van der Waals surface area (Å²) in [6.45, 7) is -0.250. The van der Waals surface area contributed by atoms with E-state index in [9.17, 15) is 0 Å². The molecule has 0 fully saturated rings. The maximum absolute atomic E-state index is 8.25. The summed E-state index contributed by atoms with van der Waals surface area (Å²) in [7, 11) is 0. The van der Waals surface area contributed by atoms with Gasteiger partial charge in [0.25, 0.3) is 0 Å². The summed E-state index contributed by atoms with van der Waals surface area (Å²) >= 11 is 0.750. The van der Waals surface area contributed by atoms with Gasteiger partial charge in [-0.25, -0.2) is 0 Å². The van der Waals surface area contributed by atoms with Crippen molar-refractivity contribution in [2.45, 2.75) is 0 Å². The molecule has 0 bridgehead atoms. The molecule has 0 heterocycles. The van der Waals surface area contributed by atoms with Crippen LogP contribution >= 0.6 is 0 Å². The molecule has 0 saturated heterocycles. The Balaban J connectivity index is 0. The van der Waals surface area contributed by atoms with Crippen LogP contribution in [0.2, 0.25) is 0 Å². The average molecular weight is 151 g/mol. The fraction of sp³-hybridized carbons (Fsp3) is 1.00. The molecule has 0 aliphatic heterocycles. The number of rotatable bonds is 1. The van der Waals surface area contributed by atoms with E-state index >= 15 is 0 Å². The van der Waals surface area contributed by atoms with E-state index in [0.717, 1.165) is 16.5 Å². The Morgan fingerprint density at radius 2 is 1.33 bits per heavy atom. The van der Waals surface area contributed by atoms with Crippen molar-refractivity contribution in [3.05, 3.63) is 0 Å². The second-order valence-corrected chi connectivity index (χ2v) is 0.447. The molecule has 0 aliphatic carbocycles. The molecule has 0 rings (SSSR count). The van der Waals surface area contributed by atoms with E-state index in [2.05, 4.69) is 0 Å². The molecule has 0 unspecified atom stereocenters. The predicted octanol–water partition coefficient (Wildman–Crippen LogP) is -1.53. The van der Waals surface area contributed by atoms with Crippen molar-refractivity contribution in [1.82, 2.24) is 0 Å². The molecular weight excluding hydrogens is 145 g/mol. The SMILES string of the molecule is OCCO.[O]=[Ge]. The van der Waals surface area contributed by atoms with Crippen LogP contribution in [0.5, 0.6) is 0 Å². The number of hydrogen-bond acceptors (Lipinski definition) is 3. The summed E-state index contributed by atoms with van der Waals surface area (Å²) < 4.78 is 8.25. The van der Waals surface area contributed by atoms with Gasteiger partial charge in [0.2, 0.25) is 0 Å². The van der Waals surface area contributed by atoms with Gasteiger partial charge in [0.05, 0.1) is 13.2 Å². The summed E-state index contributed by atoms with van der Waals surface area (Å²) in [5.41, 5.74) is 0. The summed E-state index contributed by atoms with van der Waals surface area (Å²) in [6, 6.07) is 0. The van der Waals surface area contributed by atoms with Gasteiger partial charge in [-0.3, -0.25) is 0 Å². The third-order valence-corrected chi connectivity index (χ3v) is 0.1000. The molecule has 6 heavy (non-hydrogen) atoms. The molecule has 0 spiro atoms. The van der Waals surface area contributed by atoms with Gasteiger partial charge in [0, 0.05) is 0 Å². The van der Waals surface area contributed by atoms with Crippen LogP contribution in [0.15, 0.2) is 0 Å². The predicted molar refractivity (Wildman–Crippen MR) is 20.6 cm³/mol. The fourth-order valence-corrected chi connectivity index (χ4v) is 0. The minimum absolute atomic E-state index is 0.125. The van der Waals surface area contributed by atoms with Crippen LogP contribution < -0.4 is 0 Å². The van der Waals surface area contributed by atoms with Crippen molar-refractivity contribution in [2.24, 2.45) is 0 Å². The van der Waals surface area contributed by atoms with E-state index in [1.165, 1.54) is 0 Å². The Morgan fingerprint density at radius 3 is 1.33 bits per heavy atom. The first kappa shape index (κ1) is 9.55. The van der Waals surface area contributed by atoms with Crippen LogP contribution in [-0.4, -0.2) is 39.9 Å². The Bertz CT molecular complexity index is 16.3. The molecule has 0 aromatic heterocycles. The summed E-state index contributed by atoms with van der Waals surface area (Å²) in [6.07, 6.45) is 0. The van der Waals surface area contributed by atoms with Gasteiger partial charge in [-0.2, -0.15) is 0 Å². The molecule has 36 valence electrons. The van der Waals surface area contributed by atoms with Crippen LogP contribution in [-0.2, 0) is 3.78 Å². The van der Waals surface area contributed by atoms with Gasteiger partial charge in [0.15, 0.2) is 0 Å². The molecule has 3 nitrogen and oxygen atoms in total. The second kappa shape index (κ2) is 18.7. The topological polar surface area (TPSA) is 57.5 Å². The Hall–Kier alpha value is 0.263. The molecule has 0 atom stereocenters. The van der Waals surface area contributed by atoms with E-state index in [-0.39, 0.29) is 13.2 Å². The quantitative estimate of drug-likeness (QED) is 0.446. The zero-order valence-corrected chi connectivity index (χ0v) is 5.31. The average Bonchev–Trinajstić information content (AvgIpc) is 1.72. The van der Waals surface area contributed by atoms with Crippen molar-refractivity contribution < 1.29 is 14.0 Å². The first-order chi connectivity index (χ1) is 2.91. The zero-order chi connectivity index (χ0) is 5.41. The Morgan fingerprint density at radius 1 is 1.17 bits per heavy atom. The molecular formula is C2H6GeO3. The molecule has 4 heteroatoms. The monoisotopic (exact) mass is 152 g/mol. The van der Waals surface area contributed by atoms with E-state index in [0.29, 0.717) is 0 Å². The van der Waals surface area contributed by atoms with Crippen molar-refractivity contribution in [1.29, 1.82) is 0 Å². The summed E-state index contributed by atoms with van der Waals surface area (Å²) in [5.74, 6) is 0. The normalized spacial score (nSPS) is 5.67. The van der Waals surface area contributed by atoms with Crippen molar-refractivity contribution >= 4 is 16.5 Å². The molecule has 0 aliphatic rings. The van der Waals surface area contributed by atoms with E-state index in [1.807, 2.05) is 0 Å². The molecule has 0 saturated carbocycles.